The van der Waals surface area contributed by atoms with Gasteiger partial charge in [0.05, 0.1) is 16.0 Å². The molecule has 0 atom stereocenters. The minimum atomic E-state index is 0. The van der Waals surface area contributed by atoms with Gasteiger partial charge in [-0.1, -0.05) is 41.7 Å². The Hall–Kier alpha value is -1.60. The van der Waals surface area contributed by atoms with E-state index >= 15 is 0 Å². The number of amides is 1. The van der Waals surface area contributed by atoms with Gasteiger partial charge < -0.3 is 4.90 Å². The molecule has 0 fully saturated rings. The summed E-state index contributed by atoms with van der Waals surface area (Å²) in [6.45, 7) is 3.50. The fourth-order valence-corrected chi connectivity index (χ4v) is 4.44. The van der Waals surface area contributed by atoms with E-state index in [1.54, 1.807) is 23.1 Å². The smallest absolute Gasteiger partial charge is 0.239 e. The Kier molecular flexibility index (Phi) is 8.10. The van der Waals surface area contributed by atoms with E-state index in [0.29, 0.717) is 12.3 Å². The summed E-state index contributed by atoms with van der Waals surface area (Å²) in [7, 11) is 4.04. The van der Waals surface area contributed by atoms with Gasteiger partial charge in [0.2, 0.25) is 5.91 Å². The van der Waals surface area contributed by atoms with Crippen LogP contribution in [0.2, 0.25) is 0 Å². The van der Waals surface area contributed by atoms with Crippen LogP contribution >= 0.6 is 35.5 Å². The Balaban J connectivity index is 0.00000261. The highest BCUT2D eigenvalue weighted by molar-refractivity contribution is 8.00. The number of aromatic nitrogens is 1. The fraction of sp³-hybridized carbons (Fsp3) is 0.300. The highest BCUT2D eigenvalue weighted by Crippen LogP contribution is 2.31. The largest absolute Gasteiger partial charge is 0.308 e. The van der Waals surface area contributed by atoms with Crippen LogP contribution in [0.3, 0.4) is 0 Å². The topological polar surface area (TPSA) is 36.4 Å². The number of para-hydroxylation sites is 1. The van der Waals surface area contributed by atoms with Crippen LogP contribution in [0, 0.1) is 6.92 Å². The average Bonchev–Trinajstić information content (AvgIpc) is 3.06. The Morgan fingerprint density at radius 3 is 2.48 bits per heavy atom. The molecule has 144 valence electrons. The first-order valence-electron chi connectivity index (χ1n) is 8.53. The van der Waals surface area contributed by atoms with E-state index in [-0.39, 0.29) is 18.3 Å². The van der Waals surface area contributed by atoms with Gasteiger partial charge in [0, 0.05) is 18.0 Å². The second kappa shape index (κ2) is 10.1. The molecule has 7 heteroatoms. The standard InChI is InChI=1S/C20H23N3OS2.ClH/c1-15-8-7-11-17-19(15)21-20(26-17)23(13-12-22(2)3)18(24)14-25-16-9-5-4-6-10-16;/h4-11H,12-14H2,1-3H3;1H. The van der Waals surface area contributed by atoms with Crippen LogP contribution in [0.15, 0.2) is 53.4 Å². The van der Waals surface area contributed by atoms with Crippen molar-refractivity contribution in [3.8, 4) is 0 Å². The fourth-order valence-electron chi connectivity index (χ4n) is 2.56. The molecule has 0 aliphatic rings. The van der Waals surface area contributed by atoms with Gasteiger partial charge in [-0.25, -0.2) is 4.98 Å². The summed E-state index contributed by atoms with van der Waals surface area (Å²) in [6, 6.07) is 16.2. The molecule has 0 aliphatic heterocycles. The number of thiazole rings is 1. The molecule has 0 spiro atoms. The Labute approximate surface area is 175 Å². The molecule has 3 aromatic rings. The molecule has 1 amide bonds. The van der Waals surface area contributed by atoms with Gasteiger partial charge in [-0.3, -0.25) is 9.69 Å². The molecule has 1 aromatic heterocycles. The second-order valence-electron chi connectivity index (χ2n) is 6.37. The maximum atomic E-state index is 12.9. The normalized spacial score (nSPS) is 10.8. The first-order chi connectivity index (χ1) is 12.5. The van der Waals surface area contributed by atoms with E-state index in [2.05, 4.69) is 24.0 Å². The number of hydrogen-bond donors (Lipinski definition) is 0. The molecule has 4 nitrogen and oxygen atoms in total. The van der Waals surface area contributed by atoms with Crippen LogP contribution in [0.5, 0.6) is 0 Å². The number of thioether (sulfide) groups is 1. The van der Waals surface area contributed by atoms with E-state index in [1.165, 1.54) is 0 Å². The van der Waals surface area contributed by atoms with E-state index in [9.17, 15) is 4.79 Å². The van der Waals surface area contributed by atoms with E-state index in [4.69, 9.17) is 4.98 Å². The quantitative estimate of drug-likeness (QED) is 0.517. The number of rotatable bonds is 7. The van der Waals surface area contributed by atoms with Crippen LogP contribution in [0.1, 0.15) is 5.56 Å². The van der Waals surface area contributed by atoms with Crippen molar-refractivity contribution in [2.75, 3.05) is 37.8 Å². The number of benzene rings is 2. The number of likely N-dealkylation sites (N-methyl/N-ethyl adjacent to an activating group) is 1. The highest BCUT2D eigenvalue weighted by Gasteiger charge is 2.20. The Morgan fingerprint density at radius 1 is 1.07 bits per heavy atom. The monoisotopic (exact) mass is 421 g/mol. The maximum absolute atomic E-state index is 12.9. The molecule has 0 saturated heterocycles. The molecule has 1 heterocycles. The predicted molar refractivity (Wildman–Crippen MR) is 120 cm³/mol. The lowest BCUT2D eigenvalue weighted by Gasteiger charge is -2.21. The molecule has 3 rings (SSSR count). The van der Waals surface area contributed by atoms with Gasteiger partial charge in [-0.05, 0) is 44.8 Å². The van der Waals surface area contributed by atoms with Gasteiger partial charge in [-0.15, -0.1) is 24.2 Å². The van der Waals surface area contributed by atoms with Gasteiger partial charge in [0.25, 0.3) is 0 Å². The molecule has 0 aliphatic carbocycles. The van der Waals surface area contributed by atoms with Crippen LogP contribution in [0.4, 0.5) is 5.13 Å². The van der Waals surface area contributed by atoms with Crippen LogP contribution in [0.25, 0.3) is 10.2 Å². The summed E-state index contributed by atoms with van der Waals surface area (Å²) in [5, 5.41) is 0.787. The predicted octanol–water partition coefficient (Wildman–Crippen LogP) is 4.71. The third-order valence-corrected chi connectivity index (χ3v) is 6.06. The first-order valence-corrected chi connectivity index (χ1v) is 10.3. The lowest BCUT2D eigenvalue weighted by molar-refractivity contribution is -0.116. The molecule has 0 N–H and O–H groups in total. The summed E-state index contributed by atoms with van der Waals surface area (Å²) in [4.78, 5) is 22.7. The summed E-state index contributed by atoms with van der Waals surface area (Å²) < 4.78 is 1.12. The van der Waals surface area contributed by atoms with Gasteiger partial charge >= 0.3 is 0 Å². The van der Waals surface area contributed by atoms with Crippen molar-refractivity contribution in [1.82, 2.24) is 9.88 Å². The molecule has 0 radical (unpaired) electrons. The first kappa shape index (κ1) is 21.7. The maximum Gasteiger partial charge on any atom is 0.239 e. The molecule has 0 saturated carbocycles. The Bertz CT molecular complexity index is 883. The lowest BCUT2D eigenvalue weighted by atomic mass is 10.2. The van der Waals surface area contributed by atoms with Gasteiger partial charge in [0.1, 0.15) is 0 Å². The number of halogens is 1. The number of nitrogens with zero attached hydrogens (tertiary/aromatic N) is 3. The molecule has 0 bridgehead atoms. The van der Waals surface area contributed by atoms with Crippen molar-refractivity contribution in [2.45, 2.75) is 11.8 Å². The average molecular weight is 422 g/mol. The lowest BCUT2D eigenvalue weighted by Crippen LogP contribution is -2.37. The molecule has 2 aromatic carbocycles. The van der Waals surface area contributed by atoms with Crippen molar-refractivity contribution in [3.63, 3.8) is 0 Å². The minimum Gasteiger partial charge on any atom is -0.308 e. The number of fused-ring (bicyclic) bond motifs is 1. The number of anilines is 1. The van der Waals surface area contributed by atoms with Crippen molar-refractivity contribution < 1.29 is 4.79 Å². The third kappa shape index (κ3) is 5.69. The van der Waals surface area contributed by atoms with Gasteiger partial charge in [0.15, 0.2) is 5.13 Å². The molecule has 27 heavy (non-hydrogen) atoms. The SMILES string of the molecule is Cc1cccc2sc(N(CCN(C)C)C(=O)CSc3ccccc3)nc12.Cl. The zero-order valence-corrected chi connectivity index (χ0v) is 18.2. The van der Waals surface area contributed by atoms with Crippen LogP contribution in [-0.2, 0) is 4.79 Å². The van der Waals surface area contributed by atoms with E-state index in [0.717, 1.165) is 32.4 Å². The van der Waals surface area contributed by atoms with Crippen LogP contribution < -0.4 is 4.90 Å². The second-order valence-corrected chi connectivity index (χ2v) is 8.43. The number of aryl methyl sites for hydroxylation is 1. The van der Waals surface area contributed by atoms with E-state index in [1.807, 2.05) is 55.4 Å². The third-order valence-electron chi connectivity index (χ3n) is 4.02. The minimum absolute atomic E-state index is 0. The van der Waals surface area contributed by atoms with E-state index < -0.39 is 0 Å². The van der Waals surface area contributed by atoms with Crippen molar-refractivity contribution in [2.24, 2.45) is 0 Å². The van der Waals surface area contributed by atoms with Crippen molar-refractivity contribution >= 4 is 56.8 Å². The zero-order chi connectivity index (χ0) is 18.5. The highest BCUT2D eigenvalue weighted by atomic mass is 35.5. The van der Waals surface area contributed by atoms with Gasteiger partial charge in [-0.2, -0.15) is 0 Å². The number of carbonyl (C=O) groups is 1. The summed E-state index contributed by atoms with van der Waals surface area (Å²) in [6.07, 6.45) is 0. The molecule has 0 unspecified atom stereocenters. The Morgan fingerprint density at radius 2 is 1.81 bits per heavy atom. The zero-order valence-electron chi connectivity index (χ0n) is 15.7. The number of carbonyl (C=O) groups excluding carboxylic acids is 1. The number of hydrogen-bond acceptors (Lipinski definition) is 5. The van der Waals surface area contributed by atoms with Crippen LogP contribution in [-0.4, -0.2) is 48.7 Å². The summed E-state index contributed by atoms with van der Waals surface area (Å²) in [5.74, 6) is 0.504. The molecular weight excluding hydrogens is 398 g/mol. The summed E-state index contributed by atoms with van der Waals surface area (Å²) in [5.41, 5.74) is 2.13. The summed E-state index contributed by atoms with van der Waals surface area (Å²) >= 11 is 3.16. The van der Waals surface area contributed by atoms with Crippen molar-refractivity contribution in [3.05, 3.63) is 54.1 Å². The van der Waals surface area contributed by atoms with Crippen molar-refractivity contribution in [1.29, 1.82) is 0 Å². The molecular formula is C20H24ClN3OS2.